The van der Waals surface area contributed by atoms with Crippen LogP contribution in [0.1, 0.15) is 0 Å². The lowest BCUT2D eigenvalue weighted by Crippen LogP contribution is -2.26. The fourth-order valence-electron chi connectivity index (χ4n) is 0.814. The SMILES string of the molecule is CN(CC(F)F)c1nc(N)nc(Cl)n1. The lowest BCUT2D eigenvalue weighted by molar-refractivity contribution is 0.156. The van der Waals surface area contributed by atoms with E-state index in [9.17, 15) is 8.78 Å². The monoisotopic (exact) mass is 223 g/mol. The van der Waals surface area contributed by atoms with Crippen molar-refractivity contribution in [2.24, 2.45) is 0 Å². The molecule has 0 spiro atoms. The van der Waals surface area contributed by atoms with E-state index in [2.05, 4.69) is 15.0 Å². The van der Waals surface area contributed by atoms with Crippen molar-refractivity contribution < 1.29 is 8.78 Å². The van der Waals surface area contributed by atoms with Gasteiger partial charge in [0.25, 0.3) is 6.43 Å². The van der Waals surface area contributed by atoms with E-state index in [-0.39, 0.29) is 17.2 Å². The van der Waals surface area contributed by atoms with Gasteiger partial charge in [-0.25, -0.2) is 8.78 Å². The topological polar surface area (TPSA) is 67.9 Å². The van der Waals surface area contributed by atoms with Crippen LogP contribution in [0.4, 0.5) is 20.7 Å². The van der Waals surface area contributed by atoms with Crippen LogP contribution >= 0.6 is 11.6 Å². The third-order valence-electron chi connectivity index (χ3n) is 1.37. The van der Waals surface area contributed by atoms with Crippen molar-refractivity contribution in [3.05, 3.63) is 5.28 Å². The number of nitrogen functional groups attached to an aromatic ring is 1. The molecule has 5 nitrogen and oxygen atoms in total. The average molecular weight is 224 g/mol. The van der Waals surface area contributed by atoms with Crippen LogP contribution in [-0.4, -0.2) is 35.0 Å². The summed E-state index contributed by atoms with van der Waals surface area (Å²) in [6, 6.07) is 0. The average Bonchev–Trinajstić information content (AvgIpc) is 2.00. The van der Waals surface area contributed by atoms with Crippen molar-refractivity contribution >= 4 is 23.5 Å². The number of aromatic nitrogens is 3. The highest BCUT2D eigenvalue weighted by Crippen LogP contribution is 2.11. The predicted octanol–water partition coefficient (Wildman–Crippen LogP) is 0.808. The van der Waals surface area contributed by atoms with Crippen molar-refractivity contribution in [1.29, 1.82) is 0 Å². The van der Waals surface area contributed by atoms with Gasteiger partial charge in [0.1, 0.15) is 0 Å². The molecule has 0 saturated carbocycles. The summed E-state index contributed by atoms with van der Waals surface area (Å²) >= 11 is 5.47. The van der Waals surface area contributed by atoms with Gasteiger partial charge in [-0.15, -0.1) is 0 Å². The Balaban J connectivity index is 2.84. The second-order valence-corrected chi connectivity index (χ2v) is 2.87. The molecule has 1 rings (SSSR count). The third kappa shape index (κ3) is 2.91. The first-order valence-electron chi connectivity index (χ1n) is 3.65. The molecule has 1 heterocycles. The van der Waals surface area contributed by atoms with Crippen molar-refractivity contribution in [1.82, 2.24) is 15.0 Å². The normalized spacial score (nSPS) is 10.6. The van der Waals surface area contributed by atoms with Crippen LogP contribution in [0, 0.1) is 0 Å². The predicted molar refractivity (Wildman–Crippen MR) is 48.5 cm³/mol. The van der Waals surface area contributed by atoms with Gasteiger partial charge in [0.15, 0.2) is 0 Å². The molecule has 14 heavy (non-hydrogen) atoms. The summed E-state index contributed by atoms with van der Waals surface area (Å²) < 4.78 is 24.0. The number of anilines is 2. The molecular weight excluding hydrogens is 216 g/mol. The number of hydrogen-bond donors (Lipinski definition) is 1. The van der Waals surface area contributed by atoms with E-state index in [1.54, 1.807) is 0 Å². The van der Waals surface area contributed by atoms with Gasteiger partial charge < -0.3 is 10.6 Å². The molecule has 0 unspecified atom stereocenters. The summed E-state index contributed by atoms with van der Waals surface area (Å²) in [5, 5.41) is -0.117. The number of nitrogens with two attached hydrogens (primary N) is 1. The molecule has 0 aromatic carbocycles. The summed E-state index contributed by atoms with van der Waals surface area (Å²) in [6.45, 7) is -0.486. The van der Waals surface area contributed by atoms with Gasteiger partial charge in [-0.2, -0.15) is 15.0 Å². The Bertz CT molecular complexity index is 301. The molecule has 78 valence electrons. The van der Waals surface area contributed by atoms with Crippen LogP contribution in [0.2, 0.25) is 5.28 Å². The van der Waals surface area contributed by atoms with Crippen LogP contribution in [-0.2, 0) is 0 Å². The molecule has 0 radical (unpaired) electrons. The number of rotatable bonds is 3. The van der Waals surface area contributed by atoms with E-state index < -0.39 is 13.0 Å². The zero-order valence-electron chi connectivity index (χ0n) is 7.28. The molecule has 0 bridgehead atoms. The molecule has 0 fully saturated rings. The summed E-state index contributed by atoms with van der Waals surface area (Å²) in [5.74, 6) is -0.0658. The number of nitrogens with zero attached hydrogens (tertiary/aromatic N) is 4. The largest absolute Gasteiger partial charge is 0.368 e. The molecular formula is C6H8ClF2N5. The zero-order valence-corrected chi connectivity index (χ0v) is 8.04. The van der Waals surface area contributed by atoms with Gasteiger partial charge in [0, 0.05) is 7.05 Å². The minimum Gasteiger partial charge on any atom is -0.368 e. The molecule has 0 atom stereocenters. The highest BCUT2D eigenvalue weighted by atomic mass is 35.5. The molecule has 0 saturated heterocycles. The zero-order chi connectivity index (χ0) is 10.7. The van der Waals surface area contributed by atoms with Crippen molar-refractivity contribution in [3.63, 3.8) is 0 Å². The number of alkyl halides is 2. The first-order valence-corrected chi connectivity index (χ1v) is 4.03. The number of halogens is 3. The van der Waals surface area contributed by atoms with E-state index in [0.717, 1.165) is 4.90 Å². The maximum Gasteiger partial charge on any atom is 0.255 e. The maximum absolute atomic E-state index is 12.0. The molecule has 2 N–H and O–H groups in total. The smallest absolute Gasteiger partial charge is 0.255 e. The molecule has 1 aromatic heterocycles. The molecule has 8 heteroatoms. The second kappa shape index (κ2) is 4.32. The molecule has 0 aliphatic carbocycles. The highest BCUT2D eigenvalue weighted by Gasteiger charge is 2.12. The first-order chi connectivity index (χ1) is 6.49. The maximum atomic E-state index is 12.0. The van der Waals surface area contributed by atoms with E-state index >= 15 is 0 Å². The van der Waals surface area contributed by atoms with Gasteiger partial charge >= 0.3 is 0 Å². The lowest BCUT2D eigenvalue weighted by atomic mass is 10.6. The van der Waals surface area contributed by atoms with Crippen LogP contribution in [0.5, 0.6) is 0 Å². The Labute approximate surface area is 83.9 Å². The van der Waals surface area contributed by atoms with Crippen molar-refractivity contribution in [2.45, 2.75) is 6.43 Å². The van der Waals surface area contributed by atoms with Crippen LogP contribution in [0.15, 0.2) is 0 Å². The summed E-state index contributed by atoms with van der Waals surface area (Å²) in [4.78, 5) is 11.9. The molecule has 1 aromatic rings. The second-order valence-electron chi connectivity index (χ2n) is 2.53. The Morgan fingerprint density at radius 3 is 2.57 bits per heavy atom. The van der Waals surface area contributed by atoms with Crippen molar-refractivity contribution in [3.8, 4) is 0 Å². The van der Waals surface area contributed by atoms with E-state index in [4.69, 9.17) is 17.3 Å². The van der Waals surface area contributed by atoms with Crippen molar-refractivity contribution in [2.75, 3.05) is 24.2 Å². The Morgan fingerprint density at radius 1 is 1.43 bits per heavy atom. The van der Waals surface area contributed by atoms with Crippen LogP contribution in [0.25, 0.3) is 0 Å². The molecule has 0 aliphatic heterocycles. The van der Waals surface area contributed by atoms with Gasteiger partial charge in [-0.05, 0) is 11.6 Å². The van der Waals surface area contributed by atoms with Gasteiger partial charge in [-0.3, -0.25) is 0 Å². The number of hydrogen-bond acceptors (Lipinski definition) is 5. The first kappa shape index (κ1) is 10.8. The van der Waals surface area contributed by atoms with Crippen LogP contribution < -0.4 is 10.6 Å². The fourth-order valence-corrected chi connectivity index (χ4v) is 0.976. The third-order valence-corrected chi connectivity index (χ3v) is 1.54. The summed E-state index contributed by atoms with van der Waals surface area (Å²) in [5.41, 5.74) is 5.27. The van der Waals surface area contributed by atoms with Gasteiger partial charge in [0.2, 0.25) is 17.2 Å². The minimum absolute atomic E-state index is 0.0304. The summed E-state index contributed by atoms with van der Waals surface area (Å²) in [6.07, 6.45) is -2.48. The van der Waals surface area contributed by atoms with Gasteiger partial charge in [-0.1, -0.05) is 0 Å². The minimum atomic E-state index is -2.48. The Morgan fingerprint density at radius 2 is 2.07 bits per heavy atom. The van der Waals surface area contributed by atoms with E-state index in [1.807, 2.05) is 0 Å². The van der Waals surface area contributed by atoms with Crippen LogP contribution in [0.3, 0.4) is 0 Å². The standard InChI is InChI=1S/C6H8ClF2N5/c1-14(2-3(8)9)6-12-4(7)11-5(10)13-6/h3H,2H2,1H3,(H2,10,11,12,13). The quantitative estimate of drug-likeness (QED) is 0.821. The Hall–Kier alpha value is -1.24. The fraction of sp³-hybridized carbons (Fsp3) is 0.500. The highest BCUT2D eigenvalue weighted by molar-refractivity contribution is 6.28. The Kier molecular flexibility index (Phi) is 3.34. The molecule has 0 aliphatic rings. The summed E-state index contributed by atoms with van der Waals surface area (Å²) in [7, 11) is 1.41. The van der Waals surface area contributed by atoms with Gasteiger partial charge in [0.05, 0.1) is 6.54 Å². The molecule has 0 amide bonds. The van der Waals surface area contributed by atoms with E-state index in [1.165, 1.54) is 7.05 Å². The lowest BCUT2D eigenvalue weighted by Gasteiger charge is -2.15. The van der Waals surface area contributed by atoms with E-state index in [0.29, 0.717) is 0 Å².